The van der Waals surface area contributed by atoms with Crippen molar-refractivity contribution in [2.45, 2.75) is 26.0 Å². The minimum Gasteiger partial charge on any atom is -0.392 e. The van der Waals surface area contributed by atoms with Crippen LogP contribution in [0.1, 0.15) is 13.3 Å². The molecule has 0 radical (unpaired) electrons. The number of aromatic nitrogens is 2. The molecule has 0 spiro atoms. The summed E-state index contributed by atoms with van der Waals surface area (Å²) >= 11 is 0. The van der Waals surface area contributed by atoms with Gasteiger partial charge >= 0.3 is 0 Å². The van der Waals surface area contributed by atoms with Gasteiger partial charge in [0, 0.05) is 45.1 Å². The van der Waals surface area contributed by atoms with Crippen LogP contribution >= 0.6 is 0 Å². The van der Waals surface area contributed by atoms with Crippen LogP contribution in [0.25, 0.3) is 0 Å². The van der Waals surface area contributed by atoms with Crippen LogP contribution in [0.5, 0.6) is 0 Å². The Morgan fingerprint density at radius 2 is 2.11 bits per heavy atom. The molecule has 6 nitrogen and oxygen atoms in total. The van der Waals surface area contributed by atoms with E-state index in [1.165, 1.54) is 0 Å². The number of β-amino-alcohol motifs (C(OH)–C–C–N with tert-alkyl or cyclic N) is 1. The third-order valence-electron chi connectivity index (χ3n) is 3.52. The molecule has 19 heavy (non-hydrogen) atoms. The van der Waals surface area contributed by atoms with Crippen LogP contribution < -0.4 is 0 Å². The largest absolute Gasteiger partial charge is 0.392 e. The number of aliphatic hydroxyl groups excluding tert-OH is 1. The van der Waals surface area contributed by atoms with Crippen molar-refractivity contribution in [3.05, 3.63) is 18.5 Å². The lowest BCUT2D eigenvalue weighted by molar-refractivity contribution is -0.133. The normalized spacial score (nSPS) is 18.5. The van der Waals surface area contributed by atoms with Crippen molar-refractivity contribution in [3.63, 3.8) is 0 Å². The first-order valence-corrected chi connectivity index (χ1v) is 6.84. The van der Waals surface area contributed by atoms with Gasteiger partial charge in [-0.15, -0.1) is 0 Å². The summed E-state index contributed by atoms with van der Waals surface area (Å²) in [5, 5.41) is 13.7. The predicted octanol–water partition coefficient (Wildman–Crippen LogP) is -0.202. The van der Waals surface area contributed by atoms with E-state index in [9.17, 15) is 9.90 Å². The molecule has 1 atom stereocenters. The second-order valence-electron chi connectivity index (χ2n) is 4.95. The maximum absolute atomic E-state index is 12.0. The van der Waals surface area contributed by atoms with Gasteiger partial charge in [0.1, 0.15) is 6.54 Å². The Labute approximate surface area is 113 Å². The Balaban J connectivity index is 1.75. The number of hydrogen-bond donors (Lipinski definition) is 1. The Morgan fingerprint density at radius 3 is 2.68 bits per heavy atom. The monoisotopic (exact) mass is 266 g/mol. The van der Waals surface area contributed by atoms with Crippen molar-refractivity contribution in [2.24, 2.45) is 0 Å². The summed E-state index contributed by atoms with van der Waals surface area (Å²) in [6, 6.07) is 1.82. The van der Waals surface area contributed by atoms with E-state index in [1.54, 1.807) is 17.1 Å². The topological polar surface area (TPSA) is 61.6 Å². The zero-order chi connectivity index (χ0) is 13.7. The van der Waals surface area contributed by atoms with Crippen LogP contribution in [-0.4, -0.2) is 69.4 Å². The van der Waals surface area contributed by atoms with E-state index in [0.717, 1.165) is 32.6 Å². The van der Waals surface area contributed by atoms with Gasteiger partial charge in [0.05, 0.1) is 6.10 Å². The highest BCUT2D eigenvalue weighted by molar-refractivity contribution is 5.76. The molecule has 1 amide bonds. The maximum Gasteiger partial charge on any atom is 0.244 e. The number of nitrogens with zero attached hydrogens (tertiary/aromatic N) is 4. The molecule has 1 aliphatic heterocycles. The van der Waals surface area contributed by atoms with Crippen LogP contribution in [-0.2, 0) is 11.3 Å². The molecular formula is C13H22N4O2. The number of amides is 1. The molecule has 1 aromatic rings. The lowest BCUT2D eigenvalue weighted by atomic mass is 10.2. The zero-order valence-electron chi connectivity index (χ0n) is 11.4. The molecule has 2 heterocycles. The summed E-state index contributed by atoms with van der Waals surface area (Å²) in [5.41, 5.74) is 0. The van der Waals surface area contributed by atoms with Crippen molar-refractivity contribution in [2.75, 3.05) is 32.7 Å². The van der Waals surface area contributed by atoms with Gasteiger partial charge in [0.25, 0.3) is 0 Å². The number of aliphatic hydroxyl groups is 1. The van der Waals surface area contributed by atoms with Crippen LogP contribution in [0.3, 0.4) is 0 Å². The molecule has 0 aliphatic carbocycles. The molecule has 106 valence electrons. The molecule has 0 bridgehead atoms. The summed E-state index contributed by atoms with van der Waals surface area (Å²) in [4.78, 5) is 16.1. The van der Waals surface area contributed by atoms with E-state index in [2.05, 4.69) is 10.00 Å². The van der Waals surface area contributed by atoms with Crippen LogP contribution in [0, 0.1) is 0 Å². The minimum absolute atomic E-state index is 0.111. The highest BCUT2D eigenvalue weighted by atomic mass is 16.3. The van der Waals surface area contributed by atoms with E-state index >= 15 is 0 Å². The number of carbonyl (C=O) groups excluding carboxylic acids is 1. The molecule has 1 fully saturated rings. The Bertz CT molecular complexity index is 385. The van der Waals surface area contributed by atoms with Crippen LogP contribution in [0.2, 0.25) is 0 Å². The van der Waals surface area contributed by atoms with Gasteiger partial charge in [-0.3, -0.25) is 14.4 Å². The average molecular weight is 266 g/mol. The van der Waals surface area contributed by atoms with Crippen LogP contribution in [0.15, 0.2) is 18.5 Å². The number of carbonyl (C=O) groups is 1. The predicted molar refractivity (Wildman–Crippen MR) is 71.5 cm³/mol. The quantitative estimate of drug-likeness (QED) is 0.801. The van der Waals surface area contributed by atoms with Gasteiger partial charge in [-0.05, 0) is 12.5 Å². The third kappa shape index (κ3) is 4.04. The zero-order valence-corrected chi connectivity index (χ0v) is 11.4. The molecule has 1 aliphatic rings. The van der Waals surface area contributed by atoms with Crippen molar-refractivity contribution < 1.29 is 9.90 Å². The SMILES string of the molecule is CC[C@H](O)CN1CCN(C(=O)Cn2cccn2)CC1. The van der Waals surface area contributed by atoms with Gasteiger partial charge in [0.15, 0.2) is 0 Å². The first-order chi connectivity index (χ1) is 9.19. The van der Waals surface area contributed by atoms with Gasteiger partial charge < -0.3 is 10.0 Å². The molecular weight excluding hydrogens is 244 g/mol. The smallest absolute Gasteiger partial charge is 0.244 e. The summed E-state index contributed by atoms with van der Waals surface area (Å²) in [6.07, 6.45) is 3.99. The minimum atomic E-state index is -0.258. The number of rotatable bonds is 5. The van der Waals surface area contributed by atoms with E-state index in [0.29, 0.717) is 13.1 Å². The van der Waals surface area contributed by atoms with E-state index in [4.69, 9.17) is 0 Å². The lowest BCUT2D eigenvalue weighted by Crippen LogP contribution is -2.51. The Kier molecular flexibility index (Phi) is 4.93. The molecule has 1 N–H and O–H groups in total. The van der Waals surface area contributed by atoms with Crippen molar-refractivity contribution >= 4 is 5.91 Å². The molecule has 0 saturated carbocycles. The van der Waals surface area contributed by atoms with Gasteiger partial charge in [-0.25, -0.2) is 0 Å². The van der Waals surface area contributed by atoms with Crippen molar-refractivity contribution in [3.8, 4) is 0 Å². The molecule has 0 unspecified atom stereocenters. The first kappa shape index (κ1) is 14.0. The van der Waals surface area contributed by atoms with Gasteiger partial charge in [-0.1, -0.05) is 6.92 Å². The standard InChI is InChI=1S/C13H22N4O2/c1-2-12(18)10-15-6-8-16(9-7-15)13(19)11-17-5-3-4-14-17/h3-5,12,18H,2,6-11H2,1H3/t12-/m0/s1. The second kappa shape index (κ2) is 6.68. The van der Waals surface area contributed by atoms with Crippen LogP contribution in [0.4, 0.5) is 0 Å². The van der Waals surface area contributed by atoms with Gasteiger partial charge in [-0.2, -0.15) is 5.10 Å². The molecule has 6 heteroatoms. The lowest BCUT2D eigenvalue weighted by Gasteiger charge is -2.35. The maximum atomic E-state index is 12.0. The van der Waals surface area contributed by atoms with Crippen molar-refractivity contribution in [1.29, 1.82) is 0 Å². The number of hydrogen-bond acceptors (Lipinski definition) is 4. The summed E-state index contributed by atoms with van der Waals surface area (Å²) in [6.45, 7) is 6.13. The fourth-order valence-corrected chi connectivity index (χ4v) is 2.24. The van der Waals surface area contributed by atoms with E-state index in [1.807, 2.05) is 17.9 Å². The number of piperazine rings is 1. The summed E-state index contributed by atoms with van der Waals surface area (Å²) in [5.74, 6) is 0.111. The Hall–Kier alpha value is -1.40. The highest BCUT2D eigenvalue weighted by Gasteiger charge is 2.22. The van der Waals surface area contributed by atoms with Gasteiger partial charge in [0.2, 0.25) is 5.91 Å². The fourth-order valence-electron chi connectivity index (χ4n) is 2.24. The van der Waals surface area contributed by atoms with E-state index < -0.39 is 0 Å². The molecule has 1 aromatic heterocycles. The summed E-state index contributed by atoms with van der Waals surface area (Å²) < 4.78 is 1.65. The van der Waals surface area contributed by atoms with E-state index in [-0.39, 0.29) is 12.0 Å². The Morgan fingerprint density at radius 1 is 1.37 bits per heavy atom. The molecule has 0 aromatic carbocycles. The molecule has 2 rings (SSSR count). The molecule has 1 saturated heterocycles. The third-order valence-corrected chi connectivity index (χ3v) is 3.52. The van der Waals surface area contributed by atoms with Crippen molar-refractivity contribution in [1.82, 2.24) is 19.6 Å². The fraction of sp³-hybridized carbons (Fsp3) is 0.692. The second-order valence-corrected chi connectivity index (χ2v) is 4.95. The first-order valence-electron chi connectivity index (χ1n) is 6.84. The average Bonchev–Trinajstić information content (AvgIpc) is 2.92. The highest BCUT2D eigenvalue weighted by Crippen LogP contribution is 2.05. The summed E-state index contributed by atoms with van der Waals surface area (Å²) in [7, 11) is 0.